The van der Waals surface area contributed by atoms with E-state index in [2.05, 4.69) is 32.6 Å². The van der Waals surface area contributed by atoms with E-state index in [9.17, 15) is 0 Å². The van der Waals surface area contributed by atoms with E-state index in [1.165, 1.54) is 4.88 Å². The molecule has 2 rings (SSSR count). The van der Waals surface area contributed by atoms with Crippen molar-refractivity contribution in [3.05, 3.63) is 33.5 Å². The van der Waals surface area contributed by atoms with E-state index in [0.29, 0.717) is 6.54 Å². The van der Waals surface area contributed by atoms with Gasteiger partial charge in [0.1, 0.15) is 0 Å². The lowest BCUT2D eigenvalue weighted by Gasteiger charge is -2.10. The zero-order valence-electron chi connectivity index (χ0n) is 13.4. The third-order valence-corrected chi connectivity index (χ3v) is 4.01. The molecule has 0 aliphatic heterocycles. The van der Waals surface area contributed by atoms with Crippen LogP contribution in [0.3, 0.4) is 0 Å². The standard InChI is InChI=1S/C14H22N6S.HI/c1-5-15-14(16-6-12-7-18-20(4)9-12)17-8-13-10(2)19-11(3)21-13;/h7,9H,5-6,8H2,1-4H3,(H2,15,16,17);1H. The molecule has 0 unspecified atom stereocenters. The molecule has 2 aromatic rings. The molecule has 2 N–H and O–H groups in total. The van der Waals surface area contributed by atoms with Crippen LogP contribution in [-0.4, -0.2) is 27.3 Å². The van der Waals surface area contributed by atoms with Gasteiger partial charge in [0, 0.05) is 30.2 Å². The molecule has 0 spiro atoms. The molecule has 0 bridgehead atoms. The summed E-state index contributed by atoms with van der Waals surface area (Å²) in [7, 11) is 1.91. The summed E-state index contributed by atoms with van der Waals surface area (Å²) in [6, 6.07) is 0. The SMILES string of the molecule is CCNC(=NCc1cnn(C)c1)NCc1sc(C)nc1C.I. The molecule has 2 aromatic heterocycles. The largest absolute Gasteiger partial charge is 0.357 e. The van der Waals surface area contributed by atoms with Crippen LogP contribution < -0.4 is 10.6 Å². The number of hydrogen-bond donors (Lipinski definition) is 2. The van der Waals surface area contributed by atoms with Crippen molar-refractivity contribution >= 4 is 41.3 Å². The van der Waals surface area contributed by atoms with E-state index in [1.54, 1.807) is 16.0 Å². The Hall–Kier alpha value is -1.16. The van der Waals surface area contributed by atoms with Crippen molar-refractivity contribution in [2.75, 3.05) is 6.54 Å². The summed E-state index contributed by atoms with van der Waals surface area (Å²) in [6.45, 7) is 8.33. The quantitative estimate of drug-likeness (QED) is 0.431. The average Bonchev–Trinajstić information content (AvgIpc) is 2.99. The molecule has 0 radical (unpaired) electrons. The molecule has 0 saturated carbocycles. The Morgan fingerprint density at radius 3 is 2.68 bits per heavy atom. The predicted molar refractivity (Wildman–Crippen MR) is 102 cm³/mol. The number of nitrogens with zero attached hydrogens (tertiary/aromatic N) is 4. The van der Waals surface area contributed by atoms with Gasteiger partial charge in [0.25, 0.3) is 0 Å². The van der Waals surface area contributed by atoms with Crippen molar-refractivity contribution in [2.24, 2.45) is 12.0 Å². The molecule has 0 aliphatic rings. The van der Waals surface area contributed by atoms with Crippen molar-refractivity contribution in [1.29, 1.82) is 0 Å². The van der Waals surface area contributed by atoms with Gasteiger partial charge in [0.15, 0.2) is 5.96 Å². The maximum atomic E-state index is 4.57. The first-order valence-corrected chi connectivity index (χ1v) is 7.82. The van der Waals surface area contributed by atoms with E-state index in [1.807, 2.05) is 33.3 Å². The van der Waals surface area contributed by atoms with Crippen LogP contribution in [0.25, 0.3) is 0 Å². The van der Waals surface area contributed by atoms with E-state index in [-0.39, 0.29) is 24.0 Å². The molecule has 0 saturated heterocycles. The van der Waals surface area contributed by atoms with E-state index in [4.69, 9.17) is 0 Å². The molecular formula is C14H23IN6S. The Balaban J connectivity index is 0.00000242. The fraction of sp³-hybridized carbons (Fsp3) is 0.500. The number of aryl methyl sites for hydroxylation is 3. The second-order valence-electron chi connectivity index (χ2n) is 4.81. The van der Waals surface area contributed by atoms with Gasteiger partial charge in [0.2, 0.25) is 0 Å². The number of thiazole rings is 1. The van der Waals surface area contributed by atoms with Crippen LogP contribution in [0.15, 0.2) is 17.4 Å². The highest BCUT2D eigenvalue weighted by atomic mass is 127. The average molecular weight is 434 g/mol. The predicted octanol–water partition coefficient (Wildman–Crippen LogP) is 2.37. The van der Waals surface area contributed by atoms with Gasteiger partial charge < -0.3 is 10.6 Å². The summed E-state index contributed by atoms with van der Waals surface area (Å²) in [5, 5.41) is 11.8. The zero-order valence-corrected chi connectivity index (χ0v) is 16.5. The molecule has 0 aromatic carbocycles. The number of aromatic nitrogens is 3. The minimum absolute atomic E-state index is 0. The Bertz CT molecular complexity index is 619. The maximum absolute atomic E-state index is 4.57. The van der Waals surface area contributed by atoms with Gasteiger partial charge in [-0.2, -0.15) is 5.10 Å². The van der Waals surface area contributed by atoms with Crippen LogP contribution in [-0.2, 0) is 20.1 Å². The lowest BCUT2D eigenvalue weighted by molar-refractivity contribution is 0.766. The topological polar surface area (TPSA) is 67.1 Å². The van der Waals surface area contributed by atoms with Crippen LogP contribution >= 0.6 is 35.3 Å². The lowest BCUT2D eigenvalue weighted by atomic mass is 10.4. The third kappa shape index (κ3) is 5.56. The van der Waals surface area contributed by atoms with E-state index >= 15 is 0 Å². The van der Waals surface area contributed by atoms with Gasteiger partial charge >= 0.3 is 0 Å². The van der Waals surface area contributed by atoms with Crippen LogP contribution in [0, 0.1) is 13.8 Å². The molecule has 0 fully saturated rings. The summed E-state index contributed by atoms with van der Waals surface area (Å²) >= 11 is 1.72. The second-order valence-corrected chi connectivity index (χ2v) is 6.10. The minimum atomic E-state index is 0. The molecule has 122 valence electrons. The molecule has 22 heavy (non-hydrogen) atoms. The first-order chi connectivity index (χ1) is 10.1. The van der Waals surface area contributed by atoms with E-state index < -0.39 is 0 Å². The molecule has 0 atom stereocenters. The van der Waals surface area contributed by atoms with Crippen molar-refractivity contribution < 1.29 is 0 Å². The van der Waals surface area contributed by atoms with Gasteiger partial charge in [-0.05, 0) is 20.8 Å². The Morgan fingerprint density at radius 1 is 1.36 bits per heavy atom. The van der Waals surface area contributed by atoms with Crippen molar-refractivity contribution in [3.63, 3.8) is 0 Å². The molecule has 8 heteroatoms. The van der Waals surface area contributed by atoms with Crippen LogP contribution in [0.2, 0.25) is 0 Å². The normalized spacial score (nSPS) is 11.2. The number of guanidine groups is 1. The highest BCUT2D eigenvalue weighted by Crippen LogP contribution is 2.16. The number of hydrogen-bond acceptors (Lipinski definition) is 4. The Kier molecular flexibility index (Phi) is 7.80. The second kappa shape index (κ2) is 9.09. The summed E-state index contributed by atoms with van der Waals surface area (Å²) in [4.78, 5) is 10.3. The van der Waals surface area contributed by atoms with Gasteiger partial charge in [-0.15, -0.1) is 35.3 Å². The fourth-order valence-corrected chi connectivity index (χ4v) is 2.84. The number of rotatable bonds is 5. The minimum Gasteiger partial charge on any atom is -0.357 e. The van der Waals surface area contributed by atoms with Crippen LogP contribution in [0.1, 0.15) is 28.1 Å². The first-order valence-electron chi connectivity index (χ1n) is 7.01. The third-order valence-electron chi connectivity index (χ3n) is 2.94. The number of nitrogens with one attached hydrogen (secondary N) is 2. The molecular weight excluding hydrogens is 411 g/mol. The smallest absolute Gasteiger partial charge is 0.191 e. The van der Waals surface area contributed by atoms with Crippen molar-refractivity contribution in [2.45, 2.75) is 33.9 Å². The van der Waals surface area contributed by atoms with Gasteiger partial charge in [0.05, 0.1) is 30.0 Å². The Labute approximate surface area is 152 Å². The molecule has 6 nitrogen and oxygen atoms in total. The zero-order chi connectivity index (χ0) is 15.2. The molecule has 0 amide bonds. The van der Waals surface area contributed by atoms with Gasteiger partial charge in [-0.25, -0.2) is 9.98 Å². The highest BCUT2D eigenvalue weighted by Gasteiger charge is 2.06. The summed E-state index contributed by atoms with van der Waals surface area (Å²) in [5.74, 6) is 0.812. The monoisotopic (exact) mass is 434 g/mol. The fourth-order valence-electron chi connectivity index (χ4n) is 1.97. The summed E-state index contributed by atoms with van der Waals surface area (Å²) in [6.07, 6.45) is 3.81. The van der Waals surface area contributed by atoms with Crippen LogP contribution in [0.5, 0.6) is 0 Å². The van der Waals surface area contributed by atoms with Crippen LogP contribution in [0.4, 0.5) is 0 Å². The first kappa shape index (κ1) is 18.9. The summed E-state index contributed by atoms with van der Waals surface area (Å²) < 4.78 is 1.79. The summed E-state index contributed by atoms with van der Waals surface area (Å²) in [5.41, 5.74) is 2.19. The lowest BCUT2D eigenvalue weighted by Crippen LogP contribution is -2.36. The van der Waals surface area contributed by atoms with Crippen molar-refractivity contribution in [1.82, 2.24) is 25.4 Å². The number of aliphatic imine (C=N–C) groups is 1. The maximum Gasteiger partial charge on any atom is 0.191 e. The van der Waals surface area contributed by atoms with Crippen molar-refractivity contribution in [3.8, 4) is 0 Å². The van der Waals surface area contributed by atoms with Gasteiger partial charge in [-0.1, -0.05) is 0 Å². The highest BCUT2D eigenvalue weighted by molar-refractivity contribution is 14.0. The van der Waals surface area contributed by atoms with Gasteiger partial charge in [-0.3, -0.25) is 4.68 Å². The molecule has 2 heterocycles. The Morgan fingerprint density at radius 2 is 2.14 bits per heavy atom. The van der Waals surface area contributed by atoms with E-state index in [0.717, 1.165) is 35.3 Å². The number of halogens is 1. The molecule has 0 aliphatic carbocycles.